The van der Waals surface area contributed by atoms with E-state index in [0.29, 0.717) is 5.25 Å². The lowest BCUT2D eigenvalue weighted by Crippen LogP contribution is -2.41. The zero-order valence-electron chi connectivity index (χ0n) is 7.58. The molecule has 0 spiro atoms. The van der Waals surface area contributed by atoms with Crippen molar-refractivity contribution in [2.75, 3.05) is 13.1 Å². The Kier molecular flexibility index (Phi) is 3.73. The monoisotopic (exact) mass is 173 g/mol. The molecule has 0 amide bonds. The minimum Gasteiger partial charge on any atom is -0.301 e. The van der Waals surface area contributed by atoms with E-state index in [-0.39, 0.29) is 0 Å². The number of rotatable bonds is 2. The summed E-state index contributed by atoms with van der Waals surface area (Å²) in [5, 5.41) is 0.651. The molecule has 1 rings (SSSR count). The molecule has 2 heteroatoms. The van der Waals surface area contributed by atoms with Gasteiger partial charge in [0.1, 0.15) is 0 Å². The van der Waals surface area contributed by atoms with E-state index in [0.717, 1.165) is 6.04 Å². The number of hydrogen-bond acceptors (Lipinski definition) is 2. The predicted octanol–water partition coefficient (Wildman–Crippen LogP) is 2.18. The van der Waals surface area contributed by atoms with Crippen molar-refractivity contribution in [3.8, 4) is 0 Å². The summed E-state index contributed by atoms with van der Waals surface area (Å²) in [5.41, 5.74) is 0. The molecular weight excluding hydrogens is 154 g/mol. The average Bonchev–Trinajstić information content (AvgIpc) is 1.95. The number of hydrogen-bond donors (Lipinski definition) is 1. The molecule has 11 heavy (non-hydrogen) atoms. The van der Waals surface area contributed by atoms with Crippen molar-refractivity contribution in [2.24, 2.45) is 0 Å². The Bertz CT molecular complexity index is 116. The van der Waals surface area contributed by atoms with Crippen molar-refractivity contribution >= 4 is 12.6 Å². The van der Waals surface area contributed by atoms with Crippen LogP contribution >= 0.6 is 12.6 Å². The van der Waals surface area contributed by atoms with Crippen molar-refractivity contribution in [2.45, 2.75) is 44.4 Å². The predicted molar refractivity (Wildman–Crippen MR) is 53.3 cm³/mol. The smallest absolute Gasteiger partial charge is 0.00773 e. The second-order valence-corrected chi connectivity index (χ2v) is 4.29. The summed E-state index contributed by atoms with van der Waals surface area (Å²) in [5.74, 6) is 0. The molecule has 0 bridgehead atoms. The maximum atomic E-state index is 4.50. The fourth-order valence-corrected chi connectivity index (χ4v) is 2.24. The summed E-state index contributed by atoms with van der Waals surface area (Å²) < 4.78 is 0. The molecule has 66 valence electrons. The lowest BCUT2D eigenvalue weighted by molar-refractivity contribution is 0.165. The van der Waals surface area contributed by atoms with Crippen molar-refractivity contribution in [3.05, 3.63) is 0 Å². The van der Waals surface area contributed by atoms with Crippen LogP contribution in [0.5, 0.6) is 0 Å². The van der Waals surface area contributed by atoms with Gasteiger partial charge in [0.15, 0.2) is 0 Å². The number of thiol groups is 1. The molecule has 0 aromatic carbocycles. The molecule has 0 radical (unpaired) electrons. The Morgan fingerprint density at radius 3 is 2.82 bits per heavy atom. The Labute approximate surface area is 75.6 Å². The molecule has 0 aliphatic carbocycles. The Hall–Kier alpha value is 0.310. The summed E-state index contributed by atoms with van der Waals surface area (Å²) >= 11 is 4.50. The van der Waals surface area contributed by atoms with Gasteiger partial charge in [0.2, 0.25) is 0 Å². The quantitative estimate of drug-likeness (QED) is 0.626. The highest BCUT2D eigenvalue weighted by molar-refractivity contribution is 7.80. The van der Waals surface area contributed by atoms with E-state index in [9.17, 15) is 0 Å². The van der Waals surface area contributed by atoms with E-state index in [1.807, 2.05) is 0 Å². The third-order valence-electron chi connectivity index (χ3n) is 2.50. The van der Waals surface area contributed by atoms with Crippen molar-refractivity contribution in [1.82, 2.24) is 4.90 Å². The van der Waals surface area contributed by atoms with Crippen LogP contribution in [0.25, 0.3) is 0 Å². The van der Waals surface area contributed by atoms with Crippen molar-refractivity contribution < 1.29 is 0 Å². The molecule has 0 N–H and O–H groups in total. The first-order valence-corrected chi connectivity index (χ1v) is 5.17. The molecule has 1 nitrogen and oxygen atoms in total. The average molecular weight is 173 g/mol. The molecule has 1 fully saturated rings. The van der Waals surface area contributed by atoms with Crippen LogP contribution in [0.3, 0.4) is 0 Å². The highest BCUT2D eigenvalue weighted by atomic mass is 32.1. The van der Waals surface area contributed by atoms with Crippen LogP contribution in [0.1, 0.15) is 33.1 Å². The van der Waals surface area contributed by atoms with Crippen LogP contribution in [-0.4, -0.2) is 29.3 Å². The van der Waals surface area contributed by atoms with Gasteiger partial charge in [-0.15, -0.1) is 0 Å². The van der Waals surface area contributed by atoms with Gasteiger partial charge >= 0.3 is 0 Å². The zero-order chi connectivity index (χ0) is 8.27. The number of nitrogens with zero attached hydrogens (tertiary/aromatic N) is 1. The normalized spacial score (nSPS) is 34.1. The largest absolute Gasteiger partial charge is 0.301 e. The first-order valence-electron chi connectivity index (χ1n) is 4.66. The zero-order valence-corrected chi connectivity index (χ0v) is 8.48. The van der Waals surface area contributed by atoms with E-state index in [2.05, 4.69) is 31.4 Å². The first kappa shape index (κ1) is 9.40. The molecular formula is C9H19NS. The van der Waals surface area contributed by atoms with Crippen LogP contribution in [0, 0.1) is 0 Å². The van der Waals surface area contributed by atoms with Gasteiger partial charge in [0.05, 0.1) is 0 Å². The van der Waals surface area contributed by atoms with Gasteiger partial charge < -0.3 is 4.90 Å². The summed E-state index contributed by atoms with van der Waals surface area (Å²) in [6.07, 6.45) is 3.82. The Morgan fingerprint density at radius 2 is 2.27 bits per heavy atom. The molecule has 1 aliphatic rings. The van der Waals surface area contributed by atoms with E-state index in [4.69, 9.17) is 0 Å². The van der Waals surface area contributed by atoms with Gasteiger partial charge in [-0.25, -0.2) is 0 Å². The number of likely N-dealkylation sites (tertiary alicyclic amines) is 1. The third-order valence-corrected chi connectivity index (χ3v) is 2.97. The van der Waals surface area contributed by atoms with Crippen LogP contribution in [0.4, 0.5) is 0 Å². The highest BCUT2D eigenvalue weighted by Gasteiger charge is 2.21. The Morgan fingerprint density at radius 1 is 1.55 bits per heavy atom. The van der Waals surface area contributed by atoms with E-state index >= 15 is 0 Å². The summed E-state index contributed by atoms with van der Waals surface area (Å²) in [7, 11) is 0. The maximum Gasteiger partial charge on any atom is 0.00773 e. The van der Waals surface area contributed by atoms with E-state index < -0.39 is 0 Å². The highest BCUT2D eigenvalue weighted by Crippen LogP contribution is 2.20. The molecule has 1 saturated heterocycles. The summed E-state index contributed by atoms with van der Waals surface area (Å²) in [6, 6.07) is 0.756. The second-order valence-electron chi connectivity index (χ2n) is 3.56. The standard InChI is InChI=1S/C9H19NS/c1-3-5-10-6-4-9(11)7-8(10)2/h8-9,11H,3-7H2,1-2H3. The lowest BCUT2D eigenvalue weighted by atomic mass is 10.0. The summed E-state index contributed by atoms with van der Waals surface area (Å²) in [4.78, 5) is 2.58. The second kappa shape index (κ2) is 4.36. The van der Waals surface area contributed by atoms with Crippen LogP contribution in [0.15, 0.2) is 0 Å². The van der Waals surface area contributed by atoms with Crippen molar-refractivity contribution in [3.63, 3.8) is 0 Å². The van der Waals surface area contributed by atoms with Crippen LogP contribution in [0.2, 0.25) is 0 Å². The first-order chi connectivity index (χ1) is 5.24. The summed E-state index contributed by atoms with van der Waals surface area (Å²) in [6.45, 7) is 7.09. The molecule has 1 aliphatic heterocycles. The van der Waals surface area contributed by atoms with E-state index in [1.54, 1.807) is 0 Å². The minimum atomic E-state index is 0.651. The maximum absolute atomic E-state index is 4.50. The van der Waals surface area contributed by atoms with Crippen LogP contribution < -0.4 is 0 Å². The fraction of sp³-hybridized carbons (Fsp3) is 1.00. The van der Waals surface area contributed by atoms with Gasteiger partial charge in [-0.2, -0.15) is 12.6 Å². The van der Waals surface area contributed by atoms with Gasteiger partial charge in [-0.05, 0) is 39.3 Å². The molecule has 2 unspecified atom stereocenters. The SMILES string of the molecule is CCCN1CCC(S)CC1C. The number of piperidine rings is 1. The molecule has 2 atom stereocenters. The van der Waals surface area contributed by atoms with Gasteiger partial charge in [-0.1, -0.05) is 6.92 Å². The van der Waals surface area contributed by atoms with Gasteiger partial charge in [0, 0.05) is 11.3 Å². The van der Waals surface area contributed by atoms with Gasteiger partial charge in [0.25, 0.3) is 0 Å². The van der Waals surface area contributed by atoms with Crippen LogP contribution in [-0.2, 0) is 0 Å². The lowest BCUT2D eigenvalue weighted by Gasteiger charge is -2.35. The topological polar surface area (TPSA) is 3.24 Å². The minimum absolute atomic E-state index is 0.651. The van der Waals surface area contributed by atoms with Crippen molar-refractivity contribution in [1.29, 1.82) is 0 Å². The molecule has 0 aromatic heterocycles. The molecule has 1 heterocycles. The Balaban J connectivity index is 2.31. The molecule has 0 saturated carbocycles. The third kappa shape index (κ3) is 2.68. The van der Waals surface area contributed by atoms with E-state index in [1.165, 1.54) is 32.4 Å². The van der Waals surface area contributed by atoms with Gasteiger partial charge in [-0.3, -0.25) is 0 Å². The molecule has 0 aromatic rings. The fourth-order valence-electron chi connectivity index (χ4n) is 1.82.